The predicted octanol–water partition coefficient (Wildman–Crippen LogP) is 5.12. The second-order valence-electron chi connectivity index (χ2n) is 7.65. The Morgan fingerprint density at radius 2 is 1.95 bits per heavy atom. The Balaban J connectivity index is 0.00000164. The Morgan fingerprint density at radius 1 is 1.13 bits per heavy atom. The highest BCUT2D eigenvalue weighted by Gasteiger charge is 2.21. The second-order valence-corrected chi connectivity index (χ2v) is 8.06. The summed E-state index contributed by atoms with van der Waals surface area (Å²) in [6.07, 6.45) is 5.83. The van der Waals surface area contributed by atoms with Gasteiger partial charge in [-0.3, -0.25) is 19.8 Å². The van der Waals surface area contributed by atoms with Crippen LogP contribution in [-0.2, 0) is 4.74 Å². The maximum Gasteiger partial charge on any atom is 0.233 e. The van der Waals surface area contributed by atoms with Gasteiger partial charge in [-0.1, -0.05) is 37.6 Å². The van der Waals surface area contributed by atoms with Crippen molar-refractivity contribution in [3.05, 3.63) is 94.7 Å². The summed E-state index contributed by atoms with van der Waals surface area (Å²) < 4.78 is 7.61. The zero-order chi connectivity index (χ0) is 27.1. The van der Waals surface area contributed by atoms with Crippen LogP contribution >= 0.6 is 11.6 Å². The average Bonchev–Trinajstić information content (AvgIpc) is 3.61. The Hall–Kier alpha value is -4.88. The molecule has 0 bridgehead atoms. The van der Waals surface area contributed by atoms with Gasteiger partial charge in [0.25, 0.3) is 0 Å². The summed E-state index contributed by atoms with van der Waals surface area (Å²) in [4.78, 5) is 20.0. The first-order chi connectivity index (χ1) is 18.5. The van der Waals surface area contributed by atoms with Gasteiger partial charge in [-0.2, -0.15) is 5.26 Å². The number of hydrogen-bond donors (Lipinski definition) is 1. The SMILES string of the molecule is CC.CC(=O)c1ccc(-c2nnc(/C=C/C3=NNC(c4ccnc(C#N)c4)O3)n2-c2ccccc2Cl)nc1. The van der Waals surface area contributed by atoms with Crippen molar-refractivity contribution in [2.45, 2.75) is 27.0 Å². The fraction of sp³-hybridized carbons (Fsp3) is 0.148. The first-order valence-corrected chi connectivity index (χ1v) is 12.1. The molecule has 38 heavy (non-hydrogen) atoms. The lowest BCUT2D eigenvalue weighted by atomic mass is 10.2. The van der Waals surface area contributed by atoms with Gasteiger partial charge in [-0.05, 0) is 49.4 Å². The summed E-state index contributed by atoms with van der Waals surface area (Å²) in [7, 11) is 0. The molecule has 190 valence electrons. The van der Waals surface area contributed by atoms with Gasteiger partial charge in [-0.25, -0.2) is 4.98 Å². The van der Waals surface area contributed by atoms with Crippen LogP contribution in [0.4, 0.5) is 0 Å². The number of ether oxygens (including phenoxy) is 1. The van der Waals surface area contributed by atoms with E-state index in [1.54, 1.807) is 47.1 Å². The number of nitriles is 1. The van der Waals surface area contributed by atoms with Crippen LogP contribution in [-0.4, -0.2) is 36.4 Å². The number of carbonyl (C=O) groups is 1. The molecule has 0 spiro atoms. The van der Waals surface area contributed by atoms with Crippen molar-refractivity contribution in [2.75, 3.05) is 0 Å². The number of ketones is 1. The van der Waals surface area contributed by atoms with E-state index in [1.807, 2.05) is 38.1 Å². The van der Waals surface area contributed by atoms with Crippen molar-refractivity contribution < 1.29 is 9.53 Å². The smallest absolute Gasteiger partial charge is 0.233 e. The first-order valence-electron chi connectivity index (χ1n) is 11.7. The van der Waals surface area contributed by atoms with Crippen molar-refractivity contribution in [2.24, 2.45) is 5.10 Å². The van der Waals surface area contributed by atoms with Gasteiger partial charge >= 0.3 is 0 Å². The van der Waals surface area contributed by atoms with Crippen LogP contribution in [0.5, 0.6) is 0 Å². The van der Waals surface area contributed by atoms with E-state index in [4.69, 9.17) is 21.6 Å². The highest BCUT2D eigenvalue weighted by Crippen LogP contribution is 2.28. The van der Waals surface area contributed by atoms with E-state index in [0.29, 0.717) is 39.5 Å². The van der Waals surface area contributed by atoms with E-state index < -0.39 is 6.23 Å². The number of nitrogens with one attached hydrogen (secondary N) is 1. The average molecular weight is 527 g/mol. The summed E-state index contributed by atoms with van der Waals surface area (Å²) in [5.74, 6) is 1.14. The van der Waals surface area contributed by atoms with Gasteiger partial charge in [0, 0.05) is 29.6 Å². The van der Waals surface area contributed by atoms with E-state index >= 15 is 0 Å². The van der Waals surface area contributed by atoms with Crippen LogP contribution < -0.4 is 5.43 Å². The molecule has 0 saturated carbocycles. The van der Waals surface area contributed by atoms with Crippen LogP contribution in [0.3, 0.4) is 0 Å². The molecule has 1 unspecified atom stereocenters. The van der Waals surface area contributed by atoms with Crippen LogP contribution in [0.1, 0.15) is 54.4 Å². The first kappa shape index (κ1) is 26.2. The molecule has 0 saturated heterocycles. The van der Waals surface area contributed by atoms with Gasteiger partial charge in [0.1, 0.15) is 17.5 Å². The molecule has 1 atom stereocenters. The number of hydrazone groups is 1. The Kier molecular flexibility index (Phi) is 8.20. The minimum atomic E-state index is -0.555. The quantitative estimate of drug-likeness (QED) is 0.342. The molecule has 1 aromatic carbocycles. The van der Waals surface area contributed by atoms with Crippen LogP contribution in [0.15, 0.2) is 72.1 Å². The van der Waals surface area contributed by atoms with Crippen LogP contribution in [0, 0.1) is 11.3 Å². The predicted molar refractivity (Wildman–Crippen MR) is 143 cm³/mol. The molecule has 11 heteroatoms. The summed E-state index contributed by atoms with van der Waals surface area (Å²) in [5.41, 5.74) is 5.56. The zero-order valence-corrected chi connectivity index (χ0v) is 21.6. The van der Waals surface area contributed by atoms with Crippen molar-refractivity contribution in [1.82, 2.24) is 30.2 Å². The van der Waals surface area contributed by atoms with Crippen LogP contribution in [0.2, 0.25) is 5.02 Å². The van der Waals surface area contributed by atoms with Gasteiger partial charge in [-0.15, -0.1) is 15.3 Å². The molecule has 4 heterocycles. The molecule has 0 aliphatic carbocycles. The number of para-hydroxylation sites is 1. The standard InChI is InChI=1S/C25H17ClN8O2.C2H6/c1-15(35)17-6-7-20(29-14-17)24-32-30-22(34(24)21-5-3-2-4-19(21)26)8-9-23-31-33-25(36-23)16-10-11-28-18(12-16)13-27;1-2/h2-12,14,25,33H,1H3;1-2H3/b9-8+;. The summed E-state index contributed by atoms with van der Waals surface area (Å²) in [5, 5.41) is 22.4. The van der Waals surface area contributed by atoms with Gasteiger partial charge in [0.15, 0.2) is 17.4 Å². The molecule has 5 rings (SSSR count). The second kappa shape index (κ2) is 11.9. The maximum atomic E-state index is 11.6. The third-order valence-corrected chi connectivity index (χ3v) is 5.61. The van der Waals surface area contributed by atoms with E-state index in [1.165, 1.54) is 19.3 Å². The third-order valence-electron chi connectivity index (χ3n) is 5.29. The topological polar surface area (TPSA) is 131 Å². The highest BCUT2D eigenvalue weighted by molar-refractivity contribution is 6.32. The molecule has 0 amide bonds. The van der Waals surface area contributed by atoms with E-state index in [2.05, 4.69) is 30.7 Å². The normalized spacial score (nSPS) is 14.1. The number of benzene rings is 1. The number of hydrogen-bond acceptors (Lipinski definition) is 9. The van der Waals surface area contributed by atoms with Crippen molar-refractivity contribution >= 4 is 29.4 Å². The molecule has 1 N–H and O–H groups in total. The number of aromatic nitrogens is 5. The summed E-state index contributed by atoms with van der Waals surface area (Å²) >= 11 is 6.50. The number of carbonyl (C=O) groups excluding carboxylic acids is 1. The van der Waals surface area contributed by atoms with E-state index in [0.717, 1.165) is 5.56 Å². The van der Waals surface area contributed by atoms with Crippen LogP contribution in [0.25, 0.3) is 23.3 Å². The zero-order valence-electron chi connectivity index (χ0n) is 20.8. The lowest BCUT2D eigenvalue weighted by molar-refractivity contribution is 0.101. The molecular formula is C27H23ClN8O2. The number of pyridine rings is 2. The third kappa shape index (κ3) is 5.58. The molecular weight excluding hydrogens is 504 g/mol. The lowest BCUT2D eigenvalue weighted by Gasteiger charge is -2.11. The number of halogens is 1. The fourth-order valence-electron chi connectivity index (χ4n) is 3.51. The summed E-state index contributed by atoms with van der Waals surface area (Å²) in [6, 6.07) is 16.1. The van der Waals surface area contributed by atoms with Gasteiger partial charge < -0.3 is 4.74 Å². The monoisotopic (exact) mass is 526 g/mol. The fourth-order valence-corrected chi connectivity index (χ4v) is 3.73. The molecule has 10 nitrogen and oxygen atoms in total. The number of nitrogens with zero attached hydrogens (tertiary/aromatic N) is 7. The Bertz CT molecular complexity index is 1550. The number of Topliss-reactive ketones (excluding diaryl/α,β-unsaturated/α-hetero) is 1. The molecule has 3 aromatic heterocycles. The molecule has 4 aromatic rings. The number of rotatable bonds is 6. The molecule has 1 aliphatic heterocycles. The molecule has 0 fully saturated rings. The minimum Gasteiger partial charge on any atom is -0.447 e. The molecule has 0 radical (unpaired) electrons. The maximum absolute atomic E-state index is 11.6. The van der Waals surface area contributed by atoms with E-state index in [-0.39, 0.29) is 11.5 Å². The largest absolute Gasteiger partial charge is 0.447 e. The summed E-state index contributed by atoms with van der Waals surface area (Å²) in [6.45, 7) is 5.48. The van der Waals surface area contributed by atoms with Gasteiger partial charge in [0.2, 0.25) is 12.1 Å². The molecule has 1 aliphatic rings. The van der Waals surface area contributed by atoms with Crippen molar-refractivity contribution in [3.63, 3.8) is 0 Å². The Labute approximate surface area is 224 Å². The Morgan fingerprint density at radius 3 is 2.66 bits per heavy atom. The highest BCUT2D eigenvalue weighted by atomic mass is 35.5. The van der Waals surface area contributed by atoms with Gasteiger partial charge in [0.05, 0.1) is 10.7 Å². The lowest BCUT2D eigenvalue weighted by Crippen LogP contribution is -2.12. The van der Waals surface area contributed by atoms with Crippen molar-refractivity contribution in [3.8, 4) is 23.3 Å². The van der Waals surface area contributed by atoms with Crippen molar-refractivity contribution in [1.29, 1.82) is 5.26 Å². The van der Waals surface area contributed by atoms with E-state index in [9.17, 15) is 4.79 Å². The minimum absolute atomic E-state index is 0.0786.